The molecule has 0 saturated carbocycles. The zero-order valence-corrected chi connectivity index (χ0v) is 15.8. The molecule has 9 nitrogen and oxygen atoms in total. The zero-order chi connectivity index (χ0) is 20.2. The van der Waals surface area contributed by atoms with E-state index in [1.807, 2.05) is 0 Å². The molecule has 2 heterocycles. The second-order valence-electron chi connectivity index (χ2n) is 5.67. The molecule has 0 amide bonds. The van der Waals surface area contributed by atoms with Crippen molar-refractivity contribution in [3.05, 3.63) is 42.0 Å². The third-order valence-electron chi connectivity index (χ3n) is 3.91. The Labute approximate surface area is 155 Å². The van der Waals surface area contributed by atoms with Gasteiger partial charge in [-0.25, -0.2) is 8.42 Å². The summed E-state index contributed by atoms with van der Waals surface area (Å²) in [6.07, 6.45) is 2.20. The van der Waals surface area contributed by atoms with E-state index < -0.39 is 33.5 Å². The van der Waals surface area contributed by atoms with Gasteiger partial charge in [-0.1, -0.05) is 0 Å². The minimum atomic E-state index is -3.67. The van der Waals surface area contributed by atoms with Crippen LogP contribution in [0.5, 0.6) is 0 Å². The summed E-state index contributed by atoms with van der Waals surface area (Å²) < 4.78 is 39.6. The number of aromatic nitrogens is 1. The predicted molar refractivity (Wildman–Crippen MR) is 91.8 cm³/mol. The van der Waals surface area contributed by atoms with Crippen LogP contribution in [0.2, 0.25) is 0 Å². The van der Waals surface area contributed by atoms with E-state index in [0.29, 0.717) is 0 Å². The van der Waals surface area contributed by atoms with Crippen molar-refractivity contribution in [1.29, 1.82) is 0 Å². The molecule has 0 aromatic carbocycles. The average molecular weight is 397 g/mol. The van der Waals surface area contributed by atoms with Gasteiger partial charge in [-0.2, -0.15) is 0 Å². The molecular formula is C17H19NO8S. The smallest absolute Gasteiger partial charge is 0.320 e. The quantitative estimate of drug-likeness (QED) is 0.368. The number of hydrogen-bond donors (Lipinski definition) is 0. The Morgan fingerprint density at radius 3 is 2.22 bits per heavy atom. The molecule has 0 atom stereocenters. The number of ether oxygens (including phenoxy) is 2. The molecule has 146 valence electrons. The molecule has 27 heavy (non-hydrogen) atoms. The number of sulfone groups is 1. The van der Waals surface area contributed by atoms with Gasteiger partial charge in [-0.05, 0) is 30.7 Å². The summed E-state index contributed by atoms with van der Waals surface area (Å²) in [6, 6.07) is 5.62. The Balaban J connectivity index is 2.41. The van der Waals surface area contributed by atoms with E-state index in [9.17, 15) is 22.8 Å². The van der Waals surface area contributed by atoms with Crippen molar-refractivity contribution < 1.29 is 36.7 Å². The van der Waals surface area contributed by atoms with Crippen molar-refractivity contribution in [2.45, 2.75) is 18.0 Å². The minimum absolute atomic E-state index is 0.0342. The fourth-order valence-electron chi connectivity index (χ4n) is 2.61. The van der Waals surface area contributed by atoms with Gasteiger partial charge in [0.15, 0.2) is 21.5 Å². The van der Waals surface area contributed by atoms with Crippen LogP contribution >= 0.6 is 0 Å². The standard InChI is InChI=1S/C17H19NO8S/c1-24-16(20)11(17(21)25-2)8-9-18-12(6-7-14(18)27(3,22)23)15(19)13-5-4-10-26-13/h4-7,10-11H,8-9H2,1-3H3. The third-order valence-corrected chi connectivity index (χ3v) is 5.03. The fraction of sp³-hybridized carbons (Fsp3) is 0.353. The summed E-state index contributed by atoms with van der Waals surface area (Å²) in [7, 11) is -1.41. The number of rotatable bonds is 8. The molecule has 0 saturated heterocycles. The molecule has 0 aliphatic rings. The molecule has 0 aliphatic heterocycles. The van der Waals surface area contributed by atoms with Crippen LogP contribution in [0.15, 0.2) is 40.0 Å². The molecule has 0 fully saturated rings. The monoisotopic (exact) mass is 397 g/mol. The maximum absolute atomic E-state index is 12.6. The molecule has 0 radical (unpaired) electrons. The summed E-state index contributed by atoms with van der Waals surface area (Å²) in [5.41, 5.74) is 0.0545. The van der Waals surface area contributed by atoms with E-state index in [2.05, 4.69) is 9.47 Å². The SMILES string of the molecule is COC(=O)C(CCn1c(C(=O)c2ccco2)ccc1S(C)(=O)=O)C(=O)OC. The first-order valence-electron chi connectivity index (χ1n) is 7.84. The van der Waals surface area contributed by atoms with Crippen molar-refractivity contribution in [2.75, 3.05) is 20.5 Å². The zero-order valence-electron chi connectivity index (χ0n) is 15.0. The molecule has 2 rings (SSSR count). The van der Waals surface area contributed by atoms with E-state index in [1.165, 1.54) is 35.1 Å². The number of methoxy groups -OCH3 is 2. The Morgan fingerprint density at radius 2 is 1.74 bits per heavy atom. The molecule has 0 spiro atoms. The van der Waals surface area contributed by atoms with Gasteiger partial charge in [0, 0.05) is 12.8 Å². The highest BCUT2D eigenvalue weighted by Crippen LogP contribution is 2.21. The second kappa shape index (κ2) is 8.21. The first kappa shape index (κ1) is 20.4. The fourth-order valence-corrected chi connectivity index (χ4v) is 3.52. The predicted octanol–water partition coefficient (Wildman–Crippen LogP) is 1.07. The summed E-state index contributed by atoms with van der Waals surface area (Å²) in [5.74, 6) is -3.36. The van der Waals surface area contributed by atoms with Crippen molar-refractivity contribution in [1.82, 2.24) is 4.57 Å². The molecule has 10 heteroatoms. The van der Waals surface area contributed by atoms with Gasteiger partial charge in [-0.15, -0.1) is 0 Å². The maximum atomic E-state index is 12.6. The molecule has 2 aromatic rings. The Kier molecular flexibility index (Phi) is 6.21. The molecule has 0 unspecified atom stereocenters. The third kappa shape index (κ3) is 4.45. The molecule has 0 N–H and O–H groups in total. The number of esters is 2. The average Bonchev–Trinajstić information content (AvgIpc) is 3.30. The van der Waals surface area contributed by atoms with E-state index >= 15 is 0 Å². The van der Waals surface area contributed by atoms with Crippen molar-refractivity contribution in [3.8, 4) is 0 Å². The minimum Gasteiger partial charge on any atom is -0.468 e. The summed E-state index contributed by atoms with van der Waals surface area (Å²) >= 11 is 0. The maximum Gasteiger partial charge on any atom is 0.320 e. The molecular weight excluding hydrogens is 378 g/mol. The van der Waals surface area contributed by atoms with E-state index in [0.717, 1.165) is 20.5 Å². The van der Waals surface area contributed by atoms with Gasteiger partial charge in [0.05, 0.1) is 26.2 Å². The van der Waals surface area contributed by atoms with Gasteiger partial charge in [0.25, 0.3) is 0 Å². The number of carbonyl (C=O) groups is 3. The topological polar surface area (TPSA) is 122 Å². The van der Waals surface area contributed by atoms with Gasteiger partial charge in [-0.3, -0.25) is 14.4 Å². The van der Waals surface area contributed by atoms with E-state index in [-0.39, 0.29) is 29.4 Å². The largest absolute Gasteiger partial charge is 0.468 e. The van der Waals surface area contributed by atoms with Crippen molar-refractivity contribution in [2.24, 2.45) is 5.92 Å². The van der Waals surface area contributed by atoms with Crippen LogP contribution in [0.1, 0.15) is 22.7 Å². The summed E-state index contributed by atoms with van der Waals surface area (Å²) in [5, 5.41) is -0.120. The van der Waals surface area contributed by atoms with Crippen LogP contribution in [-0.2, 0) is 35.4 Å². The number of carbonyl (C=O) groups excluding carboxylic acids is 3. The van der Waals surface area contributed by atoms with Gasteiger partial charge in [0.2, 0.25) is 5.78 Å². The summed E-state index contributed by atoms with van der Waals surface area (Å²) in [6.45, 7) is -0.105. The van der Waals surface area contributed by atoms with E-state index in [1.54, 1.807) is 0 Å². The lowest BCUT2D eigenvalue weighted by Crippen LogP contribution is -2.28. The normalized spacial score (nSPS) is 11.4. The van der Waals surface area contributed by atoms with Crippen LogP contribution in [0.4, 0.5) is 0 Å². The molecule has 2 aromatic heterocycles. The Bertz CT molecular complexity index is 924. The first-order valence-corrected chi connectivity index (χ1v) is 9.73. The number of furan rings is 1. The van der Waals surface area contributed by atoms with Crippen molar-refractivity contribution in [3.63, 3.8) is 0 Å². The lowest BCUT2D eigenvalue weighted by atomic mass is 10.1. The van der Waals surface area contributed by atoms with Crippen molar-refractivity contribution >= 4 is 27.6 Å². The van der Waals surface area contributed by atoms with Crippen LogP contribution < -0.4 is 0 Å². The highest BCUT2D eigenvalue weighted by molar-refractivity contribution is 7.90. The summed E-state index contributed by atoms with van der Waals surface area (Å²) in [4.78, 5) is 36.3. The highest BCUT2D eigenvalue weighted by atomic mass is 32.2. The highest BCUT2D eigenvalue weighted by Gasteiger charge is 2.30. The second-order valence-corrected chi connectivity index (χ2v) is 7.64. The molecule has 0 bridgehead atoms. The van der Waals surface area contributed by atoms with Crippen LogP contribution in [-0.4, -0.2) is 51.2 Å². The van der Waals surface area contributed by atoms with Gasteiger partial charge in [0.1, 0.15) is 5.03 Å². The Morgan fingerprint density at radius 1 is 1.11 bits per heavy atom. The van der Waals surface area contributed by atoms with Crippen LogP contribution in [0.3, 0.4) is 0 Å². The number of ketones is 1. The Hall–Kier alpha value is -2.88. The molecule has 0 aliphatic carbocycles. The van der Waals surface area contributed by atoms with Gasteiger partial charge < -0.3 is 18.5 Å². The lowest BCUT2D eigenvalue weighted by Gasteiger charge is -2.15. The van der Waals surface area contributed by atoms with Crippen LogP contribution in [0, 0.1) is 5.92 Å². The van der Waals surface area contributed by atoms with Gasteiger partial charge >= 0.3 is 11.9 Å². The number of hydrogen-bond acceptors (Lipinski definition) is 8. The van der Waals surface area contributed by atoms with E-state index in [4.69, 9.17) is 4.42 Å². The number of nitrogens with zero attached hydrogens (tertiary/aromatic N) is 1. The lowest BCUT2D eigenvalue weighted by molar-refractivity contribution is -0.159. The first-order chi connectivity index (χ1) is 12.7. The van der Waals surface area contributed by atoms with Crippen LogP contribution in [0.25, 0.3) is 0 Å².